The van der Waals surface area contributed by atoms with Gasteiger partial charge in [-0.15, -0.1) is 10.2 Å². The third-order valence-electron chi connectivity index (χ3n) is 4.24. The Kier molecular flexibility index (Phi) is 4.90. The summed E-state index contributed by atoms with van der Waals surface area (Å²) < 4.78 is 20.9. The predicted molar refractivity (Wildman–Crippen MR) is 106 cm³/mol. The Morgan fingerprint density at radius 1 is 0.821 bits per heavy atom. The fourth-order valence-corrected chi connectivity index (χ4v) is 3.59. The van der Waals surface area contributed by atoms with Crippen LogP contribution in [0.5, 0.6) is 17.2 Å². The Hall–Kier alpha value is -3.46. The highest BCUT2D eigenvalue weighted by Crippen LogP contribution is 2.42. The number of aromatic amines is 1. The van der Waals surface area contributed by atoms with Gasteiger partial charge in [-0.1, -0.05) is 24.3 Å². The highest BCUT2D eigenvalue weighted by atomic mass is 32.1. The van der Waals surface area contributed by atoms with E-state index in [9.17, 15) is 0 Å². The molecule has 2 aromatic heterocycles. The second-order valence-electron chi connectivity index (χ2n) is 5.80. The summed E-state index contributed by atoms with van der Waals surface area (Å²) in [4.78, 5) is 0.997. The smallest absolute Gasteiger partial charge is 0.204 e. The van der Waals surface area contributed by atoms with E-state index in [1.807, 2.05) is 42.5 Å². The normalized spacial score (nSPS) is 10.7. The molecule has 4 rings (SSSR count). The van der Waals surface area contributed by atoms with E-state index in [0.717, 1.165) is 27.3 Å². The molecular formula is C19H17N5O3S. The molecular weight excluding hydrogens is 378 g/mol. The molecule has 0 radical (unpaired) electrons. The molecule has 0 spiro atoms. The summed E-state index contributed by atoms with van der Waals surface area (Å²) in [6.45, 7) is 0. The predicted octanol–water partition coefficient (Wildman–Crippen LogP) is 3.68. The lowest BCUT2D eigenvalue weighted by Crippen LogP contribution is -1.95. The summed E-state index contributed by atoms with van der Waals surface area (Å²) in [6.07, 6.45) is 0. The van der Waals surface area contributed by atoms with Gasteiger partial charge in [0.2, 0.25) is 11.6 Å². The first-order chi connectivity index (χ1) is 13.7. The Morgan fingerprint density at radius 3 is 2.07 bits per heavy atom. The van der Waals surface area contributed by atoms with Crippen LogP contribution in [-0.4, -0.2) is 46.3 Å². The van der Waals surface area contributed by atoms with Gasteiger partial charge in [0.15, 0.2) is 11.5 Å². The van der Waals surface area contributed by atoms with Gasteiger partial charge in [-0.2, -0.15) is 9.59 Å². The summed E-state index contributed by atoms with van der Waals surface area (Å²) in [5.74, 6) is 2.34. The molecule has 0 bridgehead atoms. The maximum Gasteiger partial charge on any atom is 0.204 e. The van der Waals surface area contributed by atoms with E-state index in [1.54, 1.807) is 21.3 Å². The first-order valence-electron chi connectivity index (χ1n) is 8.35. The molecule has 0 aliphatic heterocycles. The van der Waals surface area contributed by atoms with Crippen LogP contribution in [0.2, 0.25) is 0 Å². The van der Waals surface area contributed by atoms with E-state index in [0.29, 0.717) is 23.1 Å². The largest absolute Gasteiger partial charge is 0.493 e. The summed E-state index contributed by atoms with van der Waals surface area (Å²) in [5.41, 5.74) is 3.72. The van der Waals surface area contributed by atoms with E-state index >= 15 is 0 Å². The number of nitrogens with one attached hydrogen (secondary N) is 1. The molecule has 0 amide bonds. The lowest BCUT2D eigenvalue weighted by atomic mass is 10.1. The fraction of sp³-hybridized carbons (Fsp3) is 0.158. The standard InChI is InChI=1S/C19H17N5O3S/c1-25-15-8-13(9-16(26-2)18(15)27-3)17-10-14(22-28-17)11-4-6-12(7-5-11)19-20-23-24-21-19/h4-10H,1-3H3,(H,20,21,23,24). The quantitative estimate of drug-likeness (QED) is 0.532. The number of hydrogen-bond donors (Lipinski definition) is 1. The van der Waals surface area contributed by atoms with E-state index in [-0.39, 0.29) is 0 Å². The number of ether oxygens (including phenoxy) is 3. The molecule has 0 aliphatic carbocycles. The van der Waals surface area contributed by atoms with Crippen molar-refractivity contribution in [3.8, 4) is 50.3 Å². The number of rotatable bonds is 6. The number of H-pyrrole nitrogens is 1. The van der Waals surface area contributed by atoms with Gasteiger partial charge in [-0.3, -0.25) is 0 Å². The minimum Gasteiger partial charge on any atom is -0.493 e. The Morgan fingerprint density at radius 2 is 1.50 bits per heavy atom. The van der Waals surface area contributed by atoms with Crippen molar-refractivity contribution in [2.24, 2.45) is 0 Å². The van der Waals surface area contributed by atoms with Gasteiger partial charge in [-0.25, -0.2) is 0 Å². The van der Waals surface area contributed by atoms with Gasteiger partial charge in [0.25, 0.3) is 0 Å². The number of methoxy groups -OCH3 is 3. The highest BCUT2D eigenvalue weighted by molar-refractivity contribution is 7.09. The maximum absolute atomic E-state index is 5.44. The summed E-state index contributed by atoms with van der Waals surface area (Å²) in [6, 6.07) is 13.7. The average Bonchev–Trinajstić information content (AvgIpc) is 3.45. The molecule has 0 saturated heterocycles. The number of hydrogen-bond acceptors (Lipinski definition) is 8. The van der Waals surface area contributed by atoms with Crippen LogP contribution in [0.1, 0.15) is 0 Å². The second kappa shape index (κ2) is 7.65. The lowest BCUT2D eigenvalue weighted by molar-refractivity contribution is 0.324. The van der Waals surface area contributed by atoms with E-state index in [2.05, 4.69) is 25.0 Å². The van der Waals surface area contributed by atoms with E-state index < -0.39 is 0 Å². The number of aromatic nitrogens is 5. The molecule has 4 aromatic rings. The third-order valence-corrected chi connectivity index (χ3v) is 5.08. The Bertz CT molecular complexity index is 1050. The first-order valence-corrected chi connectivity index (χ1v) is 9.12. The molecule has 0 atom stereocenters. The maximum atomic E-state index is 5.44. The summed E-state index contributed by atoms with van der Waals surface area (Å²) in [7, 11) is 4.79. The van der Waals surface area contributed by atoms with Crippen molar-refractivity contribution >= 4 is 11.5 Å². The average molecular weight is 395 g/mol. The molecule has 0 saturated carbocycles. The van der Waals surface area contributed by atoms with Gasteiger partial charge < -0.3 is 14.2 Å². The van der Waals surface area contributed by atoms with Crippen LogP contribution in [0.15, 0.2) is 42.5 Å². The van der Waals surface area contributed by atoms with Gasteiger partial charge >= 0.3 is 0 Å². The molecule has 9 heteroatoms. The molecule has 0 unspecified atom stereocenters. The molecule has 0 aliphatic rings. The minimum absolute atomic E-state index is 0.558. The van der Waals surface area contributed by atoms with Crippen LogP contribution in [0.3, 0.4) is 0 Å². The van der Waals surface area contributed by atoms with Gasteiger partial charge in [-0.05, 0) is 34.9 Å². The van der Waals surface area contributed by atoms with Crippen LogP contribution >= 0.6 is 11.5 Å². The van der Waals surface area contributed by atoms with E-state index in [1.165, 1.54) is 11.5 Å². The molecule has 142 valence electrons. The lowest BCUT2D eigenvalue weighted by Gasteiger charge is -2.13. The Labute approximate surface area is 165 Å². The molecule has 0 fully saturated rings. The van der Waals surface area contributed by atoms with Crippen molar-refractivity contribution in [2.75, 3.05) is 21.3 Å². The zero-order chi connectivity index (χ0) is 19.5. The van der Waals surface area contributed by atoms with Crippen molar-refractivity contribution in [1.82, 2.24) is 25.0 Å². The molecule has 2 heterocycles. The SMILES string of the molecule is COc1cc(-c2cc(-c3ccc(-c4nn[nH]n4)cc3)ns2)cc(OC)c1OC. The summed E-state index contributed by atoms with van der Waals surface area (Å²) in [5, 5.41) is 14.0. The zero-order valence-electron chi connectivity index (χ0n) is 15.5. The molecule has 2 aromatic carbocycles. The molecule has 28 heavy (non-hydrogen) atoms. The van der Waals surface area contributed by atoms with Gasteiger partial charge in [0.05, 0.1) is 31.9 Å². The van der Waals surface area contributed by atoms with Crippen LogP contribution in [0, 0.1) is 0 Å². The van der Waals surface area contributed by atoms with Crippen molar-refractivity contribution < 1.29 is 14.2 Å². The van der Waals surface area contributed by atoms with Crippen LogP contribution in [0.4, 0.5) is 0 Å². The molecule has 8 nitrogen and oxygen atoms in total. The summed E-state index contributed by atoms with van der Waals surface area (Å²) >= 11 is 1.41. The Balaban J connectivity index is 1.66. The van der Waals surface area contributed by atoms with Crippen molar-refractivity contribution in [1.29, 1.82) is 0 Å². The fourth-order valence-electron chi connectivity index (χ4n) is 2.84. The van der Waals surface area contributed by atoms with Crippen LogP contribution in [-0.2, 0) is 0 Å². The van der Waals surface area contributed by atoms with Crippen LogP contribution < -0.4 is 14.2 Å². The number of nitrogens with zero attached hydrogens (tertiary/aromatic N) is 4. The van der Waals surface area contributed by atoms with Gasteiger partial charge in [0, 0.05) is 16.7 Å². The number of tetrazole rings is 1. The van der Waals surface area contributed by atoms with Crippen molar-refractivity contribution in [3.63, 3.8) is 0 Å². The van der Waals surface area contributed by atoms with Crippen molar-refractivity contribution in [3.05, 3.63) is 42.5 Å². The monoisotopic (exact) mass is 395 g/mol. The van der Waals surface area contributed by atoms with E-state index in [4.69, 9.17) is 14.2 Å². The first kappa shape index (κ1) is 17.9. The number of benzene rings is 2. The topological polar surface area (TPSA) is 95.0 Å². The van der Waals surface area contributed by atoms with Gasteiger partial charge in [0.1, 0.15) is 0 Å². The highest BCUT2D eigenvalue weighted by Gasteiger charge is 2.16. The third kappa shape index (κ3) is 3.27. The van der Waals surface area contributed by atoms with Crippen LogP contribution in [0.25, 0.3) is 33.1 Å². The zero-order valence-corrected chi connectivity index (χ0v) is 16.3. The molecule has 1 N–H and O–H groups in total. The minimum atomic E-state index is 0.558. The van der Waals surface area contributed by atoms with Crippen molar-refractivity contribution in [2.45, 2.75) is 0 Å². The second-order valence-corrected chi connectivity index (χ2v) is 6.61.